The van der Waals surface area contributed by atoms with Crippen molar-refractivity contribution in [1.82, 2.24) is 10.6 Å². The zero-order valence-electron chi connectivity index (χ0n) is 17.0. The number of hydrogen-bond donors (Lipinski definition) is 4. The summed E-state index contributed by atoms with van der Waals surface area (Å²) in [5.41, 5.74) is 2.21. The van der Waals surface area contributed by atoms with Crippen LogP contribution in [0.3, 0.4) is 0 Å². The van der Waals surface area contributed by atoms with Crippen LogP contribution in [0.5, 0.6) is 23.0 Å². The number of thiocarbonyl (C=S) groups is 1. The van der Waals surface area contributed by atoms with Crippen LogP contribution in [-0.4, -0.2) is 37.5 Å². The van der Waals surface area contributed by atoms with Crippen molar-refractivity contribution in [3.63, 3.8) is 0 Å². The van der Waals surface area contributed by atoms with Gasteiger partial charge in [-0.3, -0.25) is 4.79 Å². The lowest BCUT2D eigenvalue weighted by molar-refractivity contribution is -0.113. The Kier molecular flexibility index (Phi) is 6.31. The topological polar surface area (TPSA) is 101 Å². The largest absolute Gasteiger partial charge is 0.504 e. The molecular weight excluding hydrogens is 406 g/mol. The second kappa shape index (κ2) is 8.91. The number of phenolic OH excluding ortho intramolecular Hbond substituents is 1. The standard InChI is InChI=1S/C21H23N3O5S/c1-11-18(20(26)23-14-10-13(27-2)6-8-16(14)28-3)19(24-21(30)22-11)12-5-7-15(25)17(9-12)29-4/h5-10,19,25H,1-4H3,(H,23,26)(H2,22,24,30)/t19-/m1/s1. The maximum Gasteiger partial charge on any atom is 0.255 e. The third kappa shape index (κ3) is 4.25. The summed E-state index contributed by atoms with van der Waals surface area (Å²) in [5, 5.41) is 19.3. The summed E-state index contributed by atoms with van der Waals surface area (Å²) in [6.45, 7) is 1.77. The number of carbonyl (C=O) groups excluding carboxylic acids is 1. The van der Waals surface area contributed by atoms with Gasteiger partial charge in [0.1, 0.15) is 11.5 Å². The number of amides is 1. The van der Waals surface area contributed by atoms with E-state index in [4.69, 9.17) is 26.4 Å². The first-order valence-corrected chi connectivity index (χ1v) is 9.47. The second-order valence-corrected chi connectivity index (χ2v) is 6.93. The van der Waals surface area contributed by atoms with Crippen molar-refractivity contribution in [3.8, 4) is 23.0 Å². The molecule has 9 heteroatoms. The number of benzene rings is 2. The molecule has 0 fully saturated rings. The molecule has 0 radical (unpaired) electrons. The molecule has 8 nitrogen and oxygen atoms in total. The SMILES string of the molecule is COc1ccc(OC)c(NC(=O)C2=C(C)NC(=S)N[C@@H]2c2ccc(O)c(OC)c2)c1. The maximum atomic E-state index is 13.3. The number of carbonyl (C=O) groups is 1. The normalized spacial score (nSPS) is 15.7. The molecule has 0 spiro atoms. The summed E-state index contributed by atoms with van der Waals surface area (Å²) in [6.07, 6.45) is 0. The van der Waals surface area contributed by atoms with Crippen molar-refractivity contribution in [2.45, 2.75) is 13.0 Å². The first kappa shape index (κ1) is 21.3. The van der Waals surface area contributed by atoms with E-state index in [1.807, 2.05) is 0 Å². The molecule has 3 rings (SSSR count). The number of allylic oxidation sites excluding steroid dienone is 1. The van der Waals surface area contributed by atoms with E-state index in [0.717, 1.165) is 0 Å². The lowest BCUT2D eigenvalue weighted by Crippen LogP contribution is -2.45. The molecule has 1 amide bonds. The fourth-order valence-electron chi connectivity index (χ4n) is 3.22. The van der Waals surface area contributed by atoms with Gasteiger partial charge in [0.15, 0.2) is 16.6 Å². The Bertz CT molecular complexity index is 1020. The van der Waals surface area contributed by atoms with Gasteiger partial charge in [0, 0.05) is 11.8 Å². The van der Waals surface area contributed by atoms with E-state index in [-0.39, 0.29) is 11.7 Å². The van der Waals surface area contributed by atoms with Gasteiger partial charge < -0.3 is 35.3 Å². The van der Waals surface area contributed by atoms with Crippen LogP contribution < -0.4 is 30.2 Å². The van der Waals surface area contributed by atoms with Gasteiger partial charge in [0.25, 0.3) is 5.91 Å². The molecule has 1 heterocycles. The fourth-order valence-corrected chi connectivity index (χ4v) is 3.49. The van der Waals surface area contributed by atoms with E-state index in [1.54, 1.807) is 44.4 Å². The summed E-state index contributed by atoms with van der Waals surface area (Å²) in [6, 6.07) is 9.46. The van der Waals surface area contributed by atoms with Gasteiger partial charge in [-0.05, 0) is 49.0 Å². The number of rotatable bonds is 6. The molecule has 4 N–H and O–H groups in total. The van der Waals surface area contributed by atoms with Crippen molar-refractivity contribution in [3.05, 3.63) is 53.2 Å². The molecule has 2 aromatic carbocycles. The Balaban J connectivity index is 2.00. The molecule has 1 aliphatic rings. The van der Waals surface area contributed by atoms with Gasteiger partial charge in [0.05, 0.1) is 38.6 Å². The minimum absolute atomic E-state index is 0.00517. The average Bonchev–Trinajstić information content (AvgIpc) is 2.73. The first-order valence-electron chi connectivity index (χ1n) is 9.06. The van der Waals surface area contributed by atoms with Crippen LogP contribution in [0.4, 0.5) is 5.69 Å². The van der Waals surface area contributed by atoms with E-state index >= 15 is 0 Å². The predicted molar refractivity (Wildman–Crippen MR) is 117 cm³/mol. The number of aromatic hydroxyl groups is 1. The third-order valence-corrected chi connectivity index (χ3v) is 4.93. The van der Waals surface area contributed by atoms with E-state index in [9.17, 15) is 9.90 Å². The molecule has 0 saturated carbocycles. The minimum Gasteiger partial charge on any atom is -0.504 e. The highest BCUT2D eigenvalue weighted by Gasteiger charge is 2.31. The number of ether oxygens (including phenoxy) is 3. The minimum atomic E-state index is -0.551. The van der Waals surface area contributed by atoms with Crippen LogP contribution in [0.25, 0.3) is 0 Å². The summed E-state index contributed by atoms with van der Waals surface area (Å²) in [7, 11) is 4.53. The van der Waals surface area contributed by atoms with Crippen molar-refractivity contribution in [1.29, 1.82) is 0 Å². The molecule has 2 aromatic rings. The molecule has 0 saturated heterocycles. The maximum absolute atomic E-state index is 13.3. The van der Waals surface area contributed by atoms with Crippen LogP contribution in [0.2, 0.25) is 0 Å². The van der Waals surface area contributed by atoms with E-state index in [1.165, 1.54) is 20.3 Å². The fraction of sp³-hybridized carbons (Fsp3) is 0.238. The van der Waals surface area contributed by atoms with Crippen LogP contribution in [0, 0.1) is 0 Å². The summed E-state index contributed by atoms with van der Waals surface area (Å²) in [5.74, 6) is 1.03. The van der Waals surface area contributed by atoms with Gasteiger partial charge in [-0.1, -0.05) is 6.07 Å². The summed E-state index contributed by atoms with van der Waals surface area (Å²) >= 11 is 5.28. The van der Waals surface area contributed by atoms with E-state index in [2.05, 4.69) is 16.0 Å². The molecule has 0 bridgehead atoms. The van der Waals surface area contributed by atoms with Gasteiger partial charge in [0.2, 0.25) is 0 Å². The van der Waals surface area contributed by atoms with Crippen molar-refractivity contribution < 1.29 is 24.1 Å². The van der Waals surface area contributed by atoms with Gasteiger partial charge in [-0.15, -0.1) is 0 Å². The quantitative estimate of drug-likeness (QED) is 0.520. The molecular formula is C21H23N3O5S. The number of hydrogen-bond acceptors (Lipinski definition) is 6. The van der Waals surface area contributed by atoms with Gasteiger partial charge >= 0.3 is 0 Å². The van der Waals surface area contributed by atoms with Crippen molar-refractivity contribution in [2.75, 3.05) is 26.6 Å². The molecule has 0 aromatic heterocycles. The average molecular weight is 429 g/mol. The van der Waals surface area contributed by atoms with Crippen molar-refractivity contribution >= 4 is 28.9 Å². The Morgan fingerprint density at radius 2 is 1.80 bits per heavy atom. The number of phenols is 1. The lowest BCUT2D eigenvalue weighted by Gasteiger charge is -2.30. The van der Waals surface area contributed by atoms with Crippen molar-refractivity contribution in [2.24, 2.45) is 0 Å². The molecule has 158 valence electrons. The van der Waals surface area contributed by atoms with Crippen LogP contribution in [0.1, 0.15) is 18.5 Å². The highest BCUT2D eigenvalue weighted by Crippen LogP contribution is 2.35. The summed E-state index contributed by atoms with van der Waals surface area (Å²) < 4.78 is 15.8. The molecule has 1 aliphatic heterocycles. The van der Waals surface area contributed by atoms with Gasteiger partial charge in [-0.2, -0.15) is 0 Å². The zero-order valence-corrected chi connectivity index (χ0v) is 17.8. The third-order valence-electron chi connectivity index (χ3n) is 4.71. The highest BCUT2D eigenvalue weighted by atomic mass is 32.1. The molecule has 0 unspecified atom stereocenters. The smallest absolute Gasteiger partial charge is 0.255 e. The zero-order chi connectivity index (χ0) is 21.8. The Morgan fingerprint density at radius 3 is 2.47 bits per heavy atom. The number of methoxy groups -OCH3 is 3. The Hall–Kier alpha value is -3.46. The van der Waals surface area contributed by atoms with Crippen LogP contribution in [-0.2, 0) is 4.79 Å². The summed E-state index contributed by atoms with van der Waals surface area (Å²) in [4.78, 5) is 13.3. The van der Waals surface area contributed by atoms with E-state index in [0.29, 0.717) is 44.9 Å². The highest BCUT2D eigenvalue weighted by molar-refractivity contribution is 7.80. The molecule has 30 heavy (non-hydrogen) atoms. The second-order valence-electron chi connectivity index (χ2n) is 6.52. The van der Waals surface area contributed by atoms with Gasteiger partial charge in [-0.25, -0.2) is 0 Å². The lowest BCUT2D eigenvalue weighted by atomic mass is 9.94. The monoisotopic (exact) mass is 429 g/mol. The predicted octanol–water partition coefficient (Wildman–Crippen LogP) is 2.85. The van der Waals surface area contributed by atoms with E-state index < -0.39 is 6.04 Å². The van der Waals surface area contributed by atoms with Crippen LogP contribution >= 0.6 is 12.2 Å². The Morgan fingerprint density at radius 1 is 1.07 bits per heavy atom. The molecule has 0 aliphatic carbocycles. The number of nitrogens with one attached hydrogen (secondary N) is 3. The number of anilines is 1. The first-order chi connectivity index (χ1) is 14.4. The molecule has 1 atom stereocenters. The van der Waals surface area contributed by atoms with Crippen LogP contribution in [0.15, 0.2) is 47.7 Å². The Labute approximate surface area is 179 Å².